The highest BCUT2D eigenvalue weighted by atomic mass is 32.2. The van der Waals surface area contributed by atoms with Crippen LogP contribution in [0.3, 0.4) is 0 Å². The maximum absolute atomic E-state index is 13.7. The number of hydrogen-bond donors (Lipinski definition) is 0. The van der Waals surface area contributed by atoms with Gasteiger partial charge in [-0.25, -0.2) is 4.98 Å². The number of alkyl halides is 3. The molecule has 0 atom stereocenters. The molecule has 0 N–H and O–H groups in total. The van der Waals surface area contributed by atoms with Gasteiger partial charge < -0.3 is 4.74 Å². The molecule has 0 fully saturated rings. The molecule has 1 aromatic carbocycles. The topological polar surface area (TPSA) is 44.1 Å². The van der Waals surface area contributed by atoms with Crippen molar-refractivity contribution in [3.8, 4) is 5.69 Å². The van der Waals surface area contributed by atoms with Crippen LogP contribution in [0.2, 0.25) is 0 Å². The molecule has 0 radical (unpaired) electrons. The van der Waals surface area contributed by atoms with Gasteiger partial charge in [0.25, 0.3) is 5.56 Å². The Balaban J connectivity index is 2.00. The summed E-state index contributed by atoms with van der Waals surface area (Å²) in [5.74, 6) is 0.480. The Morgan fingerprint density at radius 1 is 1.24 bits per heavy atom. The van der Waals surface area contributed by atoms with E-state index >= 15 is 0 Å². The highest BCUT2D eigenvalue weighted by Gasteiger charge is 2.35. The van der Waals surface area contributed by atoms with Crippen molar-refractivity contribution in [1.29, 1.82) is 0 Å². The molecule has 0 unspecified atom stereocenters. The van der Waals surface area contributed by atoms with Gasteiger partial charge in [-0.3, -0.25) is 9.36 Å². The number of aromatic nitrogens is 2. The maximum Gasteiger partial charge on any atom is 0.418 e. The third-order valence-corrected chi connectivity index (χ3v) is 7.02. The van der Waals surface area contributed by atoms with Crippen LogP contribution in [-0.2, 0) is 23.8 Å². The number of hydrogen-bond acceptors (Lipinski definition) is 5. The molecule has 0 saturated carbocycles. The highest BCUT2D eigenvalue weighted by Crippen LogP contribution is 2.37. The van der Waals surface area contributed by atoms with E-state index in [4.69, 9.17) is 4.74 Å². The van der Waals surface area contributed by atoms with Gasteiger partial charge in [-0.05, 0) is 43.4 Å². The lowest BCUT2D eigenvalue weighted by Gasteiger charge is -2.17. The van der Waals surface area contributed by atoms with E-state index in [2.05, 4.69) is 4.98 Å². The zero-order valence-electron chi connectivity index (χ0n) is 15.7. The van der Waals surface area contributed by atoms with E-state index in [1.165, 1.54) is 41.3 Å². The molecule has 2 aromatic heterocycles. The minimum absolute atomic E-state index is 0.185. The Morgan fingerprint density at radius 3 is 2.76 bits per heavy atom. The number of para-hydroxylation sites is 1. The van der Waals surface area contributed by atoms with E-state index in [0.29, 0.717) is 22.6 Å². The van der Waals surface area contributed by atoms with Gasteiger partial charge in [0.05, 0.1) is 23.2 Å². The zero-order chi connectivity index (χ0) is 20.6. The summed E-state index contributed by atoms with van der Waals surface area (Å²) in [5, 5.41) is 0.729. The summed E-state index contributed by atoms with van der Waals surface area (Å²) < 4.78 is 47.2. The standard InChI is InChI=1S/C20H19F3N2O2S2/c1-27-10-11-28-19-24-17-16(12-6-2-5-9-15(12)29-17)18(26)25(19)14-8-4-3-7-13(14)20(21,22)23/h3-4,7-8H,2,5-6,9-11H2,1H3. The molecule has 0 bridgehead atoms. The number of methoxy groups -OCH3 is 1. The number of thioether (sulfide) groups is 1. The van der Waals surface area contributed by atoms with Gasteiger partial charge in [-0.1, -0.05) is 23.9 Å². The predicted molar refractivity (Wildman–Crippen MR) is 109 cm³/mol. The molecule has 0 saturated heterocycles. The number of fused-ring (bicyclic) bond motifs is 3. The van der Waals surface area contributed by atoms with Crippen molar-refractivity contribution in [3.05, 3.63) is 50.6 Å². The lowest BCUT2D eigenvalue weighted by atomic mass is 9.97. The molecule has 0 aliphatic heterocycles. The molecule has 154 valence electrons. The second-order valence-corrected chi connectivity index (χ2v) is 8.93. The molecule has 0 amide bonds. The normalized spacial score (nSPS) is 14.3. The smallest absolute Gasteiger partial charge is 0.384 e. The third-order valence-electron chi connectivity index (χ3n) is 4.93. The number of benzene rings is 1. The minimum Gasteiger partial charge on any atom is -0.384 e. The number of aryl methyl sites for hydroxylation is 2. The summed E-state index contributed by atoms with van der Waals surface area (Å²) in [7, 11) is 1.55. The number of halogens is 3. The average molecular weight is 441 g/mol. The molecule has 4 nitrogen and oxygen atoms in total. The van der Waals surface area contributed by atoms with Gasteiger partial charge >= 0.3 is 6.18 Å². The summed E-state index contributed by atoms with van der Waals surface area (Å²) in [6.07, 6.45) is -0.889. The average Bonchev–Trinajstić information content (AvgIpc) is 3.06. The van der Waals surface area contributed by atoms with Gasteiger partial charge in [0.2, 0.25) is 0 Å². The lowest BCUT2D eigenvalue weighted by Crippen LogP contribution is -2.25. The molecule has 1 aliphatic rings. The summed E-state index contributed by atoms with van der Waals surface area (Å²) in [4.78, 5) is 19.9. The second-order valence-electron chi connectivity index (χ2n) is 6.78. The maximum atomic E-state index is 13.7. The molecule has 29 heavy (non-hydrogen) atoms. The SMILES string of the molecule is COCCSc1nc2sc3c(c2c(=O)n1-c1ccccc1C(F)(F)F)CCCC3. The van der Waals surface area contributed by atoms with Crippen molar-refractivity contribution in [3.63, 3.8) is 0 Å². The van der Waals surface area contributed by atoms with Crippen molar-refractivity contribution in [2.75, 3.05) is 19.5 Å². The molecular formula is C20H19F3N2O2S2. The third kappa shape index (κ3) is 3.83. The van der Waals surface area contributed by atoms with E-state index in [9.17, 15) is 18.0 Å². The van der Waals surface area contributed by atoms with Crippen LogP contribution in [-0.4, -0.2) is 29.0 Å². The van der Waals surface area contributed by atoms with Crippen LogP contribution in [0.5, 0.6) is 0 Å². The van der Waals surface area contributed by atoms with Crippen LogP contribution in [0.4, 0.5) is 13.2 Å². The number of rotatable bonds is 5. The summed E-state index contributed by atoms with van der Waals surface area (Å²) in [6, 6.07) is 5.16. The largest absolute Gasteiger partial charge is 0.418 e. The first-order valence-electron chi connectivity index (χ1n) is 9.27. The summed E-state index contributed by atoms with van der Waals surface area (Å²) in [6.45, 7) is 0.403. The zero-order valence-corrected chi connectivity index (χ0v) is 17.3. The fourth-order valence-corrected chi connectivity index (χ4v) is 5.83. The molecule has 9 heteroatoms. The number of thiophene rings is 1. The van der Waals surface area contributed by atoms with E-state index in [1.807, 2.05) is 0 Å². The molecule has 0 spiro atoms. The molecule has 1 aliphatic carbocycles. The van der Waals surface area contributed by atoms with Crippen molar-refractivity contribution < 1.29 is 17.9 Å². The van der Waals surface area contributed by atoms with Crippen LogP contribution < -0.4 is 5.56 Å². The van der Waals surface area contributed by atoms with Crippen molar-refractivity contribution in [2.24, 2.45) is 0 Å². The summed E-state index contributed by atoms with van der Waals surface area (Å²) in [5.41, 5.74) is -0.498. The Morgan fingerprint density at radius 2 is 2.00 bits per heavy atom. The molecule has 2 heterocycles. The fourth-order valence-electron chi connectivity index (χ4n) is 3.62. The van der Waals surface area contributed by atoms with E-state index in [1.54, 1.807) is 7.11 Å². The Hall–Kier alpha value is -1.84. The van der Waals surface area contributed by atoms with Crippen molar-refractivity contribution in [2.45, 2.75) is 37.0 Å². The van der Waals surface area contributed by atoms with E-state index < -0.39 is 17.3 Å². The molecule has 3 aromatic rings. The number of ether oxygens (including phenoxy) is 1. The van der Waals surface area contributed by atoms with Crippen LogP contribution in [0.1, 0.15) is 28.8 Å². The Bertz CT molecular complexity index is 1110. The van der Waals surface area contributed by atoms with Gasteiger partial charge in [0, 0.05) is 17.7 Å². The summed E-state index contributed by atoms with van der Waals surface area (Å²) >= 11 is 2.72. The van der Waals surface area contributed by atoms with Gasteiger partial charge in [0.15, 0.2) is 5.16 Å². The van der Waals surface area contributed by atoms with Gasteiger partial charge in [-0.2, -0.15) is 13.2 Å². The van der Waals surface area contributed by atoms with Crippen LogP contribution in [0, 0.1) is 0 Å². The molecule has 4 rings (SSSR count). The Kier molecular flexibility index (Phi) is 5.72. The van der Waals surface area contributed by atoms with Crippen molar-refractivity contribution in [1.82, 2.24) is 9.55 Å². The van der Waals surface area contributed by atoms with Gasteiger partial charge in [-0.15, -0.1) is 11.3 Å². The quantitative estimate of drug-likeness (QED) is 0.315. The van der Waals surface area contributed by atoms with Crippen LogP contribution >= 0.6 is 23.1 Å². The molecular weight excluding hydrogens is 421 g/mol. The lowest BCUT2D eigenvalue weighted by molar-refractivity contribution is -0.137. The predicted octanol–water partition coefficient (Wildman–Crippen LogP) is 5.08. The van der Waals surface area contributed by atoms with Gasteiger partial charge in [0.1, 0.15) is 4.83 Å². The second kappa shape index (κ2) is 8.12. The first-order chi connectivity index (χ1) is 13.9. The first kappa shape index (κ1) is 20.4. The fraction of sp³-hybridized carbons (Fsp3) is 0.400. The highest BCUT2D eigenvalue weighted by molar-refractivity contribution is 7.99. The number of nitrogens with zero attached hydrogens (tertiary/aromatic N) is 2. The minimum atomic E-state index is -4.58. The van der Waals surface area contributed by atoms with Crippen molar-refractivity contribution >= 4 is 33.3 Å². The monoisotopic (exact) mass is 440 g/mol. The van der Waals surface area contributed by atoms with E-state index in [0.717, 1.165) is 46.8 Å². The Labute approximate surface area is 173 Å². The van der Waals surface area contributed by atoms with Crippen LogP contribution in [0.25, 0.3) is 15.9 Å². The van der Waals surface area contributed by atoms with E-state index in [-0.39, 0.29) is 10.8 Å². The first-order valence-corrected chi connectivity index (χ1v) is 11.1. The van der Waals surface area contributed by atoms with Crippen LogP contribution in [0.15, 0.2) is 34.2 Å².